The van der Waals surface area contributed by atoms with Gasteiger partial charge in [0.15, 0.2) is 0 Å². The fourth-order valence-electron chi connectivity index (χ4n) is 3.06. The van der Waals surface area contributed by atoms with E-state index in [0.29, 0.717) is 13.0 Å². The number of likely N-dealkylation sites (tertiary alicyclic amines) is 1. The van der Waals surface area contributed by atoms with Gasteiger partial charge in [0.1, 0.15) is 5.75 Å². The molecule has 134 valence electrons. The molecule has 2 amide bonds. The molecule has 5 nitrogen and oxygen atoms in total. The van der Waals surface area contributed by atoms with Crippen molar-refractivity contribution in [2.45, 2.75) is 51.3 Å². The number of hydrogen-bond donors (Lipinski definition) is 2. The van der Waals surface area contributed by atoms with E-state index in [1.165, 1.54) is 12.1 Å². The molecule has 0 saturated carbocycles. The summed E-state index contributed by atoms with van der Waals surface area (Å²) in [7, 11) is 0. The molecular weight excluding hydrogens is 318 g/mol. The molecule has 2 atom stereocenters. The van der Waals surface area contributed by atoms with Crippen LogP contribution in [0.2, 0.25) is 0 Å². The van der Waals surface area contributed by atoms with Crippen molar-refractivity contribution >= 4 is 6.03 Å². The van der Waals surface area contributed by atoms with Crippen molar-refractivity contribution in [2.24, 2.45) is 0 Å². The van der Waals surface area contributed by atoms with Crippen LogP contribution in [0, 0.1) is 0 Å². The number of hydrogen-bond acceptors (Lipinski definition) is 3. The minimum Gasteiger partial charge on any atom is -0.435 e. The van der Waals surface area contributed by atoms with Crippen LogP contribution < -0.4 is 10.1 Å². The average molecular weight is 342 g/mol. The number of amides is 2. The lowest BCUT2D eigenvalue weighted by Gasteiger charge is -2.34. The molecule has 0 aliphatic carbocycles. The van der Waals surface area contributed by atoms with Crippen molar-refractivity contribution in [3.8, 4) is 5.75 Å². The van der Waals surface area contributed by atoms with E-state index in [4.69, 9.17) is 0 Å². The lowest BCUT2D eigenvalue weighted by atomic mass is 10.0. The van der Waals surface area contributed by atoms with E-state index in [0.717, 1.165) is 18.4 Å². The Hall–Kier alpha value is -1.89. The number of rotatable bonds is 6. The molecule has 0 aromatic heterocycles. The predicted octanol–water partition coefficient (Wildman–Crippen LogP) is 3.30. The summed E-state index contributed by atoms with van der Waals surface area (Å²) in [4.78, 5) is 14.2. The molecule has 1 aliphatic rings. The molecule has 0 radical (unpaired) electrons. The van der Waals surface area contributed by atoms with Crippen molar-refractivity contribution in [1.29, 1.82) is 0 Å². The van der Waals surface area contributed by atoms with Gasteiger partial charge >= 0.3 is 12.6 Å². The van der Waals surface area contributed by atoms with Gasteiger partial charge < -0.3 is 20.1 Å². The molecule has 1 saturated heterocycles. The van der Waals surface area contributed by atoms with Crippen molar-refractivity contribution in [1.82, 2.24) is 10.2 Å². The van der Waals surface area contributed by atoms with Crippen LogP contribution in [0.5, 0.6) is 5.75 Å². The van der Waals surface area contributed by atoms with Crippen LogP contribution in [0.15, 0.2) is 24.3 Å². The van der Waals surface area contributed by atoms with E-state index in [2.05, 4.69) is 10.1 Å². The fraction of sp³-hybridized carbons (Fsp3) is 0.588. The summed E-state index contributed by atoms with van der Waals surface area (Å²) in [6.45, 7) is 1.49. The summed E-state index contributed by atoms with van der Waals surface area (Å²) in [6, 6.07) is 5.81. The van der Waals surface area contributed by atoms with Crippen LogP contribution in [0.3, 0.4) is 0 Å². The van der Waals surface area contributed by atoms with E-state index < -0.39 is 12.2 Å². The molecule has 1 aliphatic heterocycles. The Bertz CT molecular complexity index is 553. The molecule has 1 aromatic carbocycles. The van der Waals surface area contributed by atoms with Gasteiger partial charge in [0.05, 0.1) is 18.2 Å². The average Bonchev–Trinajstić information content (AvgIpc) is 2.95. The SMILES string of the molecule is CCC(NC(=O)N1CCCC1(C)CO)c1ccc(OC(F)F)cc1. The monoisotopic (exact) mass is 342 g/mol. The maximum Gasteiger partial charge on any atom is 0.387 e. The molecule has 1 heterocycles. The van der Waals surface area contributed by atoms with Gasteiger partial charge in [-0.1, -0.05) is 19.1 Å². The van der Waals surface area contributed by atoms with Gasteiger partial charge in [-0.25, -0.2) is 4.79 Å². The fourth-order valence-corrected chi connectivity index (χ4v) is 3.06. The Morgan fingerprint density at radius 3 is 2.62 bits per heavy atom. The third-order valence-electron chi connectivity index (χ3n) is 4.55. The highest BCUT2D eigenvalue weighted by Gasteiger charge is 2.39. The smallest absolute Gasteiger partial charge is 0.387 e. The minimum atomic E-state index is -2.86. The van der Waals surface area contributed by atoms with Gasteiger partial charge in [0, 0.05) is 6.54 Å². The Kier molecular flexibility index (Phi) is 5.99. The summed E-state index contributed by atoms with van der Waals surface area (Å²) in [6.07, 6.45) is 2.29. The summed E-state index contributed by atoms with van der Waals surface area (Å²) >= 11 is 0. The van der Waals surface area contributed by atoms with E-state index >= 15 is 0 Å². The Labute approximate surface area is 140 Å². The number of carbonyl (C=O) groups excluding carboxylic acids is 1. The highest BCUT2D eigenvalue weighted by molar-refractivity contribution is 5.76. The molecule has 7 heteroatoms. The number of benzene rings is 1. The van der Waals surface area contributed by atoms with E-state index in [1.54, 1.807) is 17.0 Å². The quantitative estimate of drug-likeness (QED) is 0.834. The molecule has 0 spiro atoms. The second-order valence-corrected chi connectivity index (χ2v) is 6.27. The molecule has 0 bridgehead atoms. The lowest BCUT2D eigenvalue weighted by molar-refractivity contribution is -0.0498. The van der Waals surface area contributed by atoms with Crippen LogP contribution in [0.1, 0.15) is 44.7 Å². The Morgan fingerprint density at radius 2 is 2.08 bits per heavy atom. The third kappa shape index (κ3) is 4.14. The highest BCUT2D eigenvalue weighted by atomic mass is 19.3. The van der Waals surface area contributed by atoms with Crippen LogP contribution in [0.25, 0.3) is 0 Å². The topological polar surface area (TPSA) is 61.8 Å². The highest BCUT2D eigenvalue weighted by Crippen LogP contribution is 2.29. The first-order valence-corrected chi connectivity index (χ1v) is 8.13. The van der Waals surface area contributed by atoms with Gasteiger partial charge in [0.25, 0.3) is 0 Å². The van der Waals surface area contributed by atoms with Crippen LogP contribution in [0.4, 0.5) is 13.6 Å². The molecule has 1 fully saturated rings. The second kappa shape index (κ2) is 7.79. The Morgan fingerprint density at radius 1 is 1.42 bits per heavy atom. The van der Waals surface area contributed by atoms with Gasteiger partial charge in [0.2, 0.25) is 0 Å². The number of nitrogens with one attached hydrogen (secondary N) is 1. The zero-order valence-corrected chi connectivity index (χ0v) is 14.0. The zero-order valence-electron chi connectivity index (χ0n) is 14.0. The summed E-state index contributed by atoms with van der Waals surface area (Å²) in [5.41, 5.74) is 0.287. The van der Waals surface area contributed by atoms with Gasteiger partial charge in [-0.05, 0) is 43.9 Å². The van der Waals surface area contributed by atoms with Crippen molar-refractivity contribution < 1.29 is 23.4 Å². The maximum atomic E-state index is 12.6. The number of nitrogens with zero attached hydrogens (tertiary/aromatic N) is 1. The summed E-state index contributed by atoms with van der Waals surface area (Å²) in [5, 5.41) is 12.5. The standard InChI is InChI=1S/C17H24F2N2O3/c1-3-14(12-5-7-13(8-6-12)24-15(18)19)20-16(23)21-10-4-9-17(21,2)11-22/h5-8,14-15,22H,3-4,9-11H2,1-2H3,(H,20,23). The van der Waals surface area contributed by atoms with E-state index in [1.807, 2.05) is 13.8 Å². The summed E-state index contributed by atoms with van der Waals surface area (Å²) < 4.78 is 28.7. The Balaban J connectivity index is 2.05. The van der Waals surface area contributed by atoms with Crippen LogP contribution in [-0.2, 0) is 0 Å². The zero-order chi connectivity index (χ0) is 17.7. The van der Waals surface area contributed by atoms with Crippen molar-refractivity contribution in [3.05, 3.63) is 29.8 Å². The van der Waals surface area contributed by atoms with Crippen molar-refractivity contribution in [3.63, 3.8) is 0 Å². The van der Waals surface area contributed by atoms with Crippen LogP contribution >= 0.6 is 0 Å². The van der Waals surface area contributed by atoms with Crippen molar-refractivity contribution in [2.75, 3.05) is 13.2 Å². The van der Waals surface area contributed by atoms with Gasteiger partial charge in [-0.2, -0.15) is 8.78 Å². The summed E-state index contributed by atoms with van der Waals surface area (Å²) in [5.74, 6) is 0.0855. The third-order valence-corrected chi connectivity index (χ3v) is 4.55. The van der Waals surface area contributed by atoms with Crippen LogP contribution in [-0.4, -0.2) is 41.3 Å². The molecule has 24 heavy (non-hydrogen) atoms. The number of aliphatic hydroxyl groups is 1. The number of alkyl halides is 2. The number of halogens is 2. The first-order chi connectivity index (χ1) is 11.4. The molecule has 2 rings (SSSR count). The number of urea groups is 1. The molecule has 2 N–H and O–H groups in total. The maximum absolute atomic E-state index is 12.6. The van der Waals surface area contributed by atoms with E-state index in [-0.39, 0.29) is 24.4 Å². The van der Waals surface area contributed by atoms with E-state index in [9.17, 15) is 18.7 Å². The molecule has 2 unspecified atom stereocenters. The predicted molar refractivity (Wildman–Crippen MR) is 86.1 cm³/mol. The number of carbonyl (C=O) groups is 1. The molecule has 1 aromatic rings. The first-order valence-electron chi connectivity index (χ1n) is 8.13. The number of aliphatic hydroxyl groups excluding tert-OH is 1. The minimum absolute atomic E-state index is 0.0725. The number of ether oxygens (including phenoxy) is 1. The largest absolute Gasteiger partial charge is 0.435 e. The lowest BCUT2D eigenvalue weighted by Crippen LogP contribution is -2.52. The van der Waals surface area contributed by atoms with Gasteiger partial charge in [-0.15, -0.1) is 0 Å². The van der Waals surface area contributed by atoms with Gasteiger partial charge in [-0.3, -0.25) is 0 Å². The normalized spacial score (nSPS) is 21.8. The second-order valence-electron chi connectivity index (χ2n) is 6.27. The first kappa shape index (κ1) is 18.4. The molecular formula is C17H24F2N2O3.